The lowest BCUT2D eigenvalue weighted by Gasteiger charge is -2.10. The molecule has 4 aromatic rings. The SMILES string of the molecule is CCn1c(-c2ccc(-n3c(Br)nn(C)c3=O)cc2)cc2cc(C)nc(C(=O)O)c21. The summed E-state index contributed by atoms with van der Waals surface area (Å²) in [5.41, 5.74) is 3.55. The van der Waals surface area contributed by atoms with Crippen molar-refractivity contribution in [2.75, 3.05) is 0 Å². The zero-order chi connectivity index (χ0) is 20.9. The lowest BCUT2D eigenvalue weighted by molar-refractivity contribution is 0.0692. The first kappa shape index (κ1) is 19.1. The second-order valence-electron chi connectivity index (χ2n) is 6.69. The molecule has 0 saturated carbocycles. The summed E-state index contributed by atoms with van der Waals surface area (Å²) in [6, 6.07) is 11.3. The maximum absolute atomic E-state index is 12.3. The number of benzene rings is 1. The van der Waals surface area contributed by atoms with E-state index in [1.807, 2.05) is 47.9 Å². The average Bonchev–Trinajstić information content (AvgIpc) is 3.17. The summed E-state index contributed by atoms with van der Waals surface area (Å²) >= 11 is 3.31. The van der Waals surface area contributed by atoms with Crippen molar-refractivity contribution >= 4 is 32.8 Å². The van der Waals surface area contributed by atoms with Gasteiger partial charge in [0.25, 0.3) is 0 Å². The Labute approximate surface area is 174 Å². The molecule has 1 N–H and O–H groups in total. The lowest BCUT2D eigenvalue weighted by Crippen LogP contribution is -2.21. The minimum absolute atomic E-state index is 0.0514. The highest BCUT2D eigenvalue weighted by Crippen LogP contribution is 2.31. The van der Waals surface area contributed by atoms with Gasteiger partial charge < -0.3 is 9.67 Å². The Bertz CT molecular complexity index is 1310. The molecule has 0 aliphatic carbocycles. The van der Waals surface area contributed by atoms with E-state index < -0.39 is 5.97 Å². The number of carboxylic acid groups (broad SMARTS) is 1. The molecule has 0 bridgehead atoms. The first-order valence-electron chi connectivity index (χ1n) is 8.98. The van der Waals surface area contributed by atoms with Crippen LogP contribution in [0.2, 0.25) is 0 Å². The van der Waals surface area contributed by atoms with Crippen LogP contribution < -0.4 is 5.69 Å². The van der Waals surface area contributed by atoms with Crippen LogP contribution >= 0.6 is 15.9 Å². The summed E-state index contributed by atoms with van der Waals surface area (Å²) in [7, 11) is 1.59. The standard InChI is InChI=1S/C20H18BrN5O3/c1-4-25-15(10-13-9-11(2)22-16(17(13)25)18(27)28)12-5-7-14(8-6-12)26-19(21)23-24(3)20(26)29/h5-10H,4H2,1-3H3,(H,27,28). The molecule has 0 atom stereocenters. The van der Waals surface area contributed by atoms with Crippen LogP contribution in [0.4, 0.5) is 0 Å². The van der Waals surface area contributed by atoms with Crippen molar-refractivity contribution in [3.63, 3.8) is 0 Å². The first-order chi connectivity index (χ1) is 13.8. The highest BCUT2D eigenvalue weighted by molar-refractivity contribution is 9.10. The quantitative estimate of drug-likeness (QED) is 0.508. The fourth-order valence-electron chi connectivity index (χ4n) is 3.58. The Morgan fingerprint density at radius 2 is 1.90 bits per heavy atom. The number of rotatable bonds is 4. The number of carbonyl (C=O) groups is 1. The van der Waals surface area contributed by atoms with Crippen molar-refractivity contribution < 1.29 is 9.90 Å². The van der Waals surface area contributed by atoms with E-state index in [9.17, 15) is 14.7 Å². The maximum Gasteiger partial charge on any atom is 0.356 e. The zero-order valence-electron chi connectivity index (χ0n) is 16.0. The van der Waals surface area contributed by atoms with Gasteiger partial charge in [-0.05, 0) is 59.6 Å². The fourth-order valence-corrected chi connectivity index (χ4v) is 4.18. The predicted octanol–water partition coefficient (Wildman–Crippen LogP) is 3.38. The van der Waals surface area contributed by atoms with E-state index >= 15 is 0 Å². The van der Waals surface area contributed by atoms with E-state index in [-0.39, 0.29) is 11.4 Å². The molecular formula is C20H18BrN5O3. The Hall–Kier alpha value is -3.20. The second kappa shape index (κ2) is 7.00. The number of hydrogen-bond acceptors (Lipinski definition) is 4. The van der Waals surface area contributed by atoms with Crippen molar-refractivity contribution in [3.05, 3.63) is 63.0 Å². The molecule has 0 unspecified atom stereocenters. The number of carboxylic acids is 1. The van der Waals surface area contributed by atoms with E-state index in [2.05, 4.69) is 26.0 Å². The molecular weight excluding hydrogens is 438 g/mol. The number of aromatic carboxylic acids is 1. The van der Waals surface area contributed by atoms with Crippen LogP contribution in [0.15, 0.2) is 45.9 Å². The van der Waals surface area contributed by atoms with Gasteiger partial charge in [0.2, 0.25) is 4.73 Å². The van der Waals surface area contributed by atoms with Gasteiger partial charge in [-0.25, -0.2) is 23.8 Å². The Morgan fingerprint density at radius 1 is 1.21 bits per heavy atom. The van der Waals surface area contributed by atoms with Gasteiger partial charge >= 0.3 is 11.7 Å². The minimum atomic E-state index is -1.05. The number of aryl methyl sites for hydroxylation is 3. The summed E-state index contributed by atoms with van der Waals surface area (Å²) in [5, 5.41) is 14.5. The number of halogens is 1. The lowest BCUT2D eigenvalue weighted by atomic mass is 10.1. The van der Waals surface area contributed by atoms with Crippen molar-refractivity contribution in [1.82, 2.24) is 23.9 Å². The van der Waals surface area contributed by atoms with E-state index in [4.69, 9.17) is 0 Å². The molecule has 0 aliphatic heterocycles. The molecule has 148 valence electrons. The number of pyridine rings is 1. The third-order valence-electron chi connectivity index (χ3n) is 4.83. The van der Waals surface area contributed by atoms with Gasteiger partial charge in [-0.3, -0.25) is 0 Å². The van der Waals surface area contributed by atoms with Crippen LogP contribution in [0.25, 0.3) is 27.8 Å². The normalized spacial score (nSPS) is 11.3. The van der Waals surface area contributed by atoms with Gasteiger partial charge in [0.1, 0.15) is 0 Å². The highest BCUT2D eigenvalue weighted by atomic mass is 79.9. The van der Waals surface area contributed by atoms with Crippen LogP contribution in [-0.4, -0.2) is 35.0 Å². The van der Waals surface area contributed by atoms with E-state index in [0.29, 0.717) is 28.2 Å². The molecule has 0 fully saturated rings. The monoisotopic (exact) mass is 455 g/mol. The Balaban J connectivity index is 1.88. The number of aromatic nitrogens is 5. The van der Waals surface area contributed by atoms with Crippen LogP contribution in [-0.2, 0) is 13.6 Å². The summed E-state index contributed by atoms with van der Waals surface area (Å²) in [4.78, 5) is 28.2. The molecule has 8 nitrogen and oxygen atoms in total. The number of hydrogen-bond donors (Lipinski definition) is 1. The zero-order valence-corrected chi connectivity index (χ0v) is 17.6. The van der Waals surface area contributed by atoms with Crippen LogP contribution in [0, 0.1) is 6.92 Å². The van der Waals surface area contributed by atoms with Crippen LogP contribution in [0.3, 0.4) is 0 Å². The predicted molar refractivity (Wildman–Crippen MR) is 113 cm³/mol. The highest BCUT2D eigenvalue weighted by Gasteiger charge is 2.19. The number of nitrogens with zero attached hydrogens (tertiary/aromatic N) is 5. The summed E-state index contributed by atoms with van der Waals surface area (Å²) < 4.78 is 5.10. The smallest absolute Gasteiger partial charge is 0.356 e. The van der Waals surface area contributed by atoms with Gasteiger partial charge in [0.15, 0.2) is 5.69 Å². The Kier molecular flexibility index (Phi) is 4.62. The van der Waals surface area contributed by atoms with Gasteiger partial charge in [0.05, 0.1) is 11.2 Å². The Morgan fingerprint density at radius 3 is 2.45 bits per heavy atom. The number of fused-ring (bicyclic) bond motifs is 1. The molecule has 0 radical (unpaired) electrons. The second-order valence-corrected chi connectivity index (χ2v) is 7.40. The van der Waals surface area contributed by atoms with E-state index in [1.165, 1.54) is 9.25 Å². The molecule has 29 heavy (non-hydrogen) atoms. The largest absolute Gasteiger partial charge is 0.476 e. The van der Waals surface area contributed by atoms with Crippen LogP contribution in [0.5, 0.6) is 0 Å². The molecule has 0 aliphatic rings. The molecule has 0 saturated heterocycles. The van der Waals surface area contributed by atoms with Crippen molar-refractivity contribution in [2.45, 2.75) is 20.4 Å². The molecule has 4 rings (SSSR count). The summed E-state index contributed by atoms with van der Waals surface area (Å²) in [6.45, 7) is 4.35. The maximum atomic E-state index is 12.3. The van der Waals surface area contributed by atoms with Crippen molar-refractivity contribution in [1.29, 1.82) is 0 Å². The first-order valence-corrected chi connectivity index (χ1v) is 9.77. The van der Waals surface area contributed by atoms with Gasteiger partial charge in [-0.1, -0.05) is 12.1 Å². The van der Waals surface area contributed by atoms with E-state index in [1.54, 1.807) is 14.0 Å². The molecule has 1 aromatic carbocycles. The van der Waals surface area contributed by atoms with Gasteiger partial charge in [0, 0.05) is 30.4 Å². The third-order valence-corrected chi connectivity index (χ3v) is 5.34. The molecule has 3 aromatic heterocycles. The summed E-state index contributed by atoms with van der Waals surface area (Å²) in [6.07, 6.45) is 0. The summed E-state index contributed by atoms with van der Waals surface area (Å²) in [5.74, 6) is -1.05. The van der Waals surface area contributed by atoms with Crippen LogP contribution in [0.1, 0.15) is 23.1 Å². The third kappa shape index (κ3) is 3.07. The van der Waals surface area contributed by atoms with Crippen molar-refractivity contribution in [3.8, 4) is 16.9 Å². The van der Waals surface area contributed by atoms with Crippen molar-refractivity contribution in [2.24, 2.45) is 7.05 Å². The van der Waals surface area contributed by atoms with Gasteiger partial charge in [-0.2, -0.15) is 0 Å². The topological polar surface area (TPSA) is 94.9 Å². The van der Waals surface area contributed by atoms with Gasteiger partial charge in [-0.15, -0.1) is 5.10 Å². The van der Waals surface area contributed by atoms with E-state index in [0.717, 1.165) is 16.6 Å². The average molecular weight is 456 g/mol. The molecule has 0 amide bonds. The molecule has 9 heteroatoms. The minimum Gasteiger partial charge on any atom is -0.476 e. The fraction of sp³-hybridized carbons (Fsp3) is 0.200. The molecule has 0 spiro atoms. The molecule has 3 heterocycles.